The fourth-order valence-electron chi connectivity index (χ4n) is 2.56. The maximum absolute atomic E-state index is 12.6. The third-order valence-corrected chi connectivity index (χ3v) is 3.80. The number of aliphatic hydroxyl groups is 3. The predicted molar refractivity (Wildman–Crippen MR) is 74.6 cm³/mol. The molecule has 1 aliphatic carbocycles. The van der Waals surface area contributed by atoms with Gasteiger partial charge in [-0.3, -0.25) is 0 Å². The van der Waals surface area contributed by atoms with Crippen molar-refractivity contribution in [3.63, 3.8) is 0 Å². The van der Waals surface area contributed by atoms with E-state index in [0.717, 1.165) is 18.2 Å². The van der Waals surface area contributed by atoms with Gasteiger partial charge >= 0.3 is 12.2 Å². The van der Waals surface area contributed by atoms with Gasteiger partial charge in [0.1, 0.15) is 6.10 Å². The number of benzene rings is 1. The van der Waals surface area contributed by atoms with Gasteiger partial charge in [-0.25, -0.2) is 4.79 Å². The number of amides is 2. The Kier molecular flexibility index (Phi) is 5.12. The van der Waals surface area contributed by atoms with Crippen molar-refractivity contribution in [3.8, 4) is 0 Å². The van der Waals surface area contributed by atoms with Gasteiger partial charge < -0.3 is 26.0 Å². The summed E-state index contributed by atoms with van der Waals surface area (Å²) >= 11 is 0. The number of alkyl halides is 3. The highest BCUT2D eigenvalue weighted by Crippen LogP contribution is 2.31. The van der Waals surface area contributed by atoms with E-state index in [4.69, 9.17) is 5.11 Å². The molecule has 0 aromatic heterocycles. The second-order valence-electron chi connectivity index (χ2n) is 5.44. The van der Waals surface area contributed by atoms with Crippen LogP contribution >= 0.6 is 0 Å². The molecular weight excluding hydrogens is 317 g/mol. The largest absolute Gasteiger partial charge is 0.416 e. The number of hydrogen-bond donors (Lipinski definition) is 5. The molecule has 1 fully saturated rings. The standard InChI is InChI=1S/C14H17F3N2O4/c15-14(16,17)8-2-1-3-9(5-8)18-13(23)19-10-4-7(6-20)11(21)12(10)22/h1-3,5,7,10-12,20-22H,4,6H2,(H2,18,19,23). The molecule has 23 heavy (non-hydrogen) atoms. The van der Waals surface area contributed by atoms with Crippen LogP contribution in [0, 0.1) is 5.92 Å². The van der Waals surface area contributed by atoms with Gasteiger partial charge in [0.15, 0.2) is 0 Å². The summed E-state index contributed by atoms with van der Waals surface area (Å²) < 4.78 is 37.8. The Morgan fingerprint density at radius 1 is 1.26 bits per heavy atom. The Labute approximate surface area is 129 Å². The first kappa shape index (κ1) is 17.5. The van der Waals surface area contributed by atoms with Crippen LogP contribution in [0.25, 0.3) is 0 Å². The van der Waals surface area contributed by atoms with Crippen molar-refractivity contribution < 1.29 is 33.3 Å². The normalized spacial score (nSPS) is 27.7. The van der Waals surface area contributed by atoms with Crippen LogP contribution in [0.4, 0.5) is 23.7 Å². The highest BCUT2D eigenvalue weighted by Gasteiger charge is 2.41. The number of urea groups is 1. The van der Waals surface area contributed by atoms with Crippen LogP contribution < -0.4 is 10.6 Å². The van der Waals surface area contributed by atoms with Crippen molar-refractivity contribution in [1.82, 2.24) is 5.32 Å². The van der Waals surface area contributed by atoms with Gasteiger partial charge in [-0.1, -0.05) is 6.07 Å². The van der Waals surface area contributed by atoms with E-state index < -0.39 is 41.9 Å². The third kappa shape index (κ3) is 4.12. The number of aliphatic hydroxyl groups excluding tert-OH is 3. The molecule has 1 saturated carbocycles. The van der Waals surface area contributed by atoms with Crippen LogP contribution in [0.1, 0.15) is 12.0 Å². The van der Waals surface area contributed by atoms with Crippen molar-refractivity contribution >= 4 is 11.7 Å². The zero-order chi connectivity index (χ0) is 17.2. The third-order valence-electron chi connectivity index (χ3n) is 3.80. The number of halogens is 3. The number of hydrogen-bond acceptors (Lipinski definition) is 4. The van der Waals surface area contributed by atoms with Gasteiger partial charge in [0.05, 0.1) is 17.7 Å². The molecule has 1 aromatic carbocycles. The second-order valence-corrected chi connectivity index (χ2v) is 5.44. The molecule has 0 spiro atoms. The molecule has 0 bridgehead atoms. The average Bonchev–Trinajstić information content (AvgIpc) is 2.74. The summed E-state index contributed by atoms with van der Waals surface area (Å²) in [5.41, 5.74) is -0.948. The minimum absolute atomic E-state index is 0.0518. The Morgan fingerprint density at radius 2 is 1.96 bits per heavy atom. The molecule has 9 heteroatoms. The summed E-state index contributed by atoms with van der Waals surface area (Å²) in [6.07, 6.45) is -6.78. The van der Waals surface area contributed by atoms with Crippen molar-refractivity contribution in [1.29, 1.82) is 0 Å². The molecule has 0 saturated heterocycles. The molecule has 0 radical (unpaired) electrons. The number of rotatable bonds is 3. The van der Waals surface area contributed by atoms with Crippen molar-refractivity contribution in [3.05, 3.63) is 29.8 Å². The fourth-order valence-corrected chi connectivity index (χ4v) is 2.56. The van der Waals surface area contributed by atoms with E-state index in [0.29, 0.717) is 0 Å². The molecule has 1 aliphatic rings. The molecule has 5 N–H and O–H groups in total. The first-order chi connectivity index (χ1) is 10.7. The van der Waals surface area contributed by atoms with E-state index in [1.54, 1.807) is 0 Å². The molecule has 2 rings (SSSR count). The number of anilines is 1. The molecule has 1 aromatic rings. The summed E-state index contributed by atoms with van der Waals surface area (Å²) in [5, 5.41) is 33.1. The van der Waals surface area contributed by atoms with Crippen LogP contribution in [0.2, 0.25) is 0 Å². The van der Waals surface area contributed by atoms with Gasteiger partial charge in [0.25, 0.3) is 0 Å². The Morgan fingerprint density at radius 3 is 2.52 bits per heavy atom. The number of carbonyl (C=O) groups excluding carboxylic acids is 1. The second kappa shape index (κ2) is 6.73. The molecule has 6 nitrogen and oxygen atoms in total. The smallest absolute Gasteiger partial charge is 0.396 e. The van der Waals surface area contributed by atoms with Crippen LogP contribution in [0.15, 0.2) is 24.3 Å². The summed E-state index contributed by atoms with van der Waals surface area (Å²) in [4.78, 5) is 11.8. The van der Waals surface area contributed by atoms with Crippen LogP contribution in [0.3, 0.4) is 0 Å². The van der Waals surface area contributed by atoms with Gasteiger partial charge in [0.2, 0.25) is 0 Å². The maximum atomic E-state index is 12.6. The summed E-state index contributed by atoms with van der Waals surface area (Å²) in [7, 11) is 0. The molecule has 2 amide bonds. The average molecular weight is 334 g/mol. The summed E-state index contributed by atoms with van der Waals surface area (Å²) in [6, 6.07) is 2.52. The van der Waals surface area contributed by atoms with Crippen molar-refractivity contribution in [2.45, 2.75) is 30.8 Å². The topological polar surface area (TPSA) is 102 Å². The van der Waals surface area contributed by atoms with Crippen LogP contribution in [-0.4, -0.2) is 46.2 Å². The minimum Gasteiger partial charge on any atom is -0.396 e. The van der Waals surface area contributed by atoms with Crippen LogP contribution in [-0.2, 0) is 6.18 Å². The lowest BCUT2D eigenvalue weighted by molar-refractivity contribution is -0.137. The highest BCUT2D eigenvalue weighted by atomic mass is 19.4. The van der Waals surface area contributed by atoms with E-state index in [2.05, 4.69) is 10.6 Å². The quantitative estimate of drug-likeness (QED) is 0.567. The van der Waals surface area contributed by atoms with Gasteiger partial charge in [0, 0.05) is 18.2 Å². The van der Waals surface area contributed by atoms with E-state index >= 15 is 0 Å². The number of carbonyl (C=O) groups is 1. The van der Waals surface area contributed by atoms with Gasteiger partial charge in [-0.05, 0) is 24.6 Å². The maximum Gasteiger partial charge on any atom is 0.416 e. The van der Waals surface area contributed by atoms with E-state index in [-0.39, 0.29) is 18.7 Å². The summed E-state index contributed by atoms with van der Waals surface area (Å²) in [6.45, 7) is -0.342. The monoisotopic (exact) mass is 334 g/mol. The molecular formula is C14H17F3N2O4. The zero-order valence-electron chi connectivity index (χ0n) is 11.9. The lowest BCUT2D eigenvalue weighted by Crippen LogP contribution is -2.44. The van der Waals surface area contributed by atoms with E-state index in [9.17, 15) is 28.2 Å². The highest BCUT2D eigenvalue weighted by molar-refractivity contribution is 5.89. The van der Waals surface area contributed by atoms with E-state index in [1.807, 2.05) is 0 Å². The minimum atomic E-state index is -4.52. The zero-order valence-corrected chi connectivity index (χ0v) is 11.9. The lowest BCUT2D eigenvalue weighted by Gasteiger charge is -2.18. The van der Waals surface area contributed by atoms with Crippen molar-refractivity contribution in [2.75, 3.05) is 11.9 Å². The first-order valence-corrected chi connectivity index (χ1v) is 6.94. The van der Waals surface area contributed by atoms with Gasteiger partial charge in [-0.2, -0.15) is 13.2 Å². The van der Waals surface area contributed by atoms with Crippen molar-refractivity contribution in [2.24, 2.45) is 5.92 Å². The summed E-state index contributed by atoms with van der Waals surface area (Å²) in [5.74, 6) is -0.566. The van der Waals surface area contributed by atoms with Crippen LogP contribution in [0.5, 0.6) is 0 Å². The van der Waals surface area contributed by atoms with E-state index in [1.165, 1.54) is 6.07 Å². The Balaban J connectivity index is 1.98. The lowest BCUT2D eigenvalue weighted by atomic mass is 10.1. The Hall–Kier alpha value is -1.84. The molecule has 4 unspecified atom stereocenters. The Bertz CT molecular complexity index is 567. The number of nitrogens with one attached hydrogen (secondary N) is 2. The molecule has 0 heterocycles. The molecule has 0 aliphatic heterocycles. The molecule has 4 atom stereocenters. The van der Waals surface area contributed by atoms with Gasteiger partial charge in [-0.15, -0.1) is 0 Å². The SMILES string of the molecule is O=C(Nc1cccc(C(F)(F)F)c1)NC1CC(CO)C(O)C1O. The predicted octanol–water partition coefficient (Wildman–Crippen LogP) is 0.929. The first-order valence-electron chi connectivity index (χ1n) is 6.94. The molecule has 128 valence electrons. The fraction of sp³-hybridized carbons (Fsp3) is 0.500.